The van der Waals surface area contributed by atoms with Crippen molar-refractivity contribution < 1.29 is 4.79 Å². The molecule has 0 aromatic heterocycles. The Morgan fingerprint density at radius 3 is 2.81 bits per heavy atom. The largest absolute Gasteiger partial charge is 0.378 e. The lowest BCUT2D eigenvalue weighted by molar-refractivity contribution is -0.118. The van der Waals surface area contributed by atoms with Crippen molar-refractivity contribution in [1.82, 2.24) is 0 Å². The summed E-state index contributed by atoms with van der Waals surface area (Å²) in [5, 5.41) is 4.09. The molecule has 1 heterocycles. The Morgan fingerprint density at radius 2 is 2.05 bits per heavy atom. The number of rotatable bonds is 2. The molecular formula is C16H14BrClN2O. The highest BCUT2D eigenvalue weighted by atomic mass is 79.9. The molecule has 0 saturated carbocycles. The Kier molecular flexibility index (Phi) is 3.91. The van der Waals surface area contributed by atoms with Gasteiger partial charge in [0.05, 0.1) is 17.5 Å². The number of anilines is 2. The minimum absolute atomic E-state index is 0.0297. The average Bonchev–Trinajstić information content (AvgIpc) is 2.48. The van der Waals surface area contributed by atoms with Gasteiger partial charge in [-0.15, -0.1) is 0 Å². The second-order valence-electron chi connectivity index (χ2n) is 5.04. The van der Waals surface area contributed by atoms with Gasteiger partial charge >= 0.3 is 0 Å². The lowest BCUT2D eigenvalue weighted by Gasteiger charge is -2.32. The Morgan fingerprint density at radius 1 is 1.29 bits per heavy atom. The van der Waals surface area contributed by atoms with Crippen molar-refractivity contribution >= 4 is 44.8 Å². The normalized spacial score (nSPS) is 17.6. The lowest BCUT2D eigenvalue weighted by Crippen LogP contribution is -2.35. The van der Waals surface area contributed by atoms with Crippen LogP contribution in [0.2, 0.25) is 5.02 Å². The van der Waals surface area contributed by atoms with E-state index >= 15 is 0 Å². The van der Waals surface area contributed by atoms with E-state index in [1.807, 2.05) is 43.4 Å². The maximum absolute atomic E-state index is 12.1. The summed E-state index contributed by atoms with van der Waals surface area (Å²) in [5.41, 5.74) is 3.02. The molecule has 0 radical (unpaired) electrons. The summed E-state index contributed by atoms with van der Waals surface area (Å²) in [4.78, 5) is 13.8. The number of para-hydroxylation sites is 1. The van der Waals surface area contributed by atoms with Crippen LogP contribution in [0, 0.1) is 0 Å². The summed E-state index contributed by atoms with van der Waals surface area (Å²) in [6.45, 7) is 0. The quantitative estimate of drug-likeness (QED) is 0.842. The van der Waals surface area contributed by atoms with E-state index in [2.05, 4.69) is 27.3 Å². The highest BCUT2D eigenvalue weighted by molar-refractivity contribution is 9.10. The van der Waals surface area contributed by atoms with Crippen molar-refractivity contribution in [2.45, 2.75) is 12.5 Å². The number of nitrogens with one attached hydrogen (secondary N) is 1. The van der Waals surface area contributed by atoms with Crippen LogP contribution in [0.25, 0.3) is 0 Å². The maximum atomic E-state index is 12.1. The molecular weight excluding hydrogens is 352 g/mol. The predicted molar refractivity (Wildman–Crippen MR) is 90.0 cm³/mol. The number of nitrogens with zero attached hydrogens (tertiary/aromatic N) is 1. The Labute approximate surface area is 137 Å². The van der Waals surface area contributed by atoms with Gasteiger partial charge in [0.15, 0.2) is 0 Å². The highest BCUT2D eigenvalue weighted by Gasteiger charge is 2.28. The van der Waals surface area contributed by atoms with E-state index in [-0.39, 0.29) is 11.9 Å². The maximum Gasteiger partial charge on any atom is 0.229 e. The summed E-state index contributed by atoms with van der Waals surface area (Å²) in [6.07, 6.45) is 0.438. The number of fused-ring (bicyclic) bond motifs is 1. The fourth-order valence-electron chi connectivity index (χ4n) is 2.56. The standard InChI is InChI=1S/C16H14BrClN2O/c1-20-15-5-3-2-4-11(15)14(9-16(20)21)19-10-6-7-13(18)12(17)8-10/h2-8,14,19H,9H2,1H3. The molecule has 1 unspecified atom stereocenters. The Hall–Kier alpha value is -1.52. The molecule has 1 N–H and O–H groups in total. The van der Waals surface area contributed by atoms with E-state index in [1.54, 1.807) is 4.90 Å². The number of amides is 1. The molecule has 1 aliphatic heterocycles. The van der Waals surface area contributed by atoms with Crippen LogP contribution >= 0.6 is 27.5 Å². The second kappa shape index (κ2) is 5.70. The van der Waals surface area contributed by atoms with Crippen LogP contribution in [0.5, 0.6) is 0 Å². The van der Waals surface area contributed by atoms with Gasteiger partial charge in [-0.25, -0.2) is 0 Å². The first-order valence-electron chi connectivity index (χ1n) is 6.63. The number of halogens is 2. The number of hydrogen-bond acceptors (Lipinski definition) is 2. The van der Waals surface area contributed by atoms with Gasteiger partial charge in [-0.1, -0.05) is 29.8 Å². The van der Waals surface area contributed by atoms with E-state index in [0.717, 1.165) is 21.4 Å². The molecule has 1 aliphatic rings. The van der Waals surface area contributed by atoms with Crippen LogP contribution in [0.15, 0.2) is 46.9 Å². The summed E-state index contributed by atoms with van der Waals surface area (Å²) in [6, 6.07) is 13.6. The van der Waals surface area contributed by atoms with Crippen molar-refractivity contribution in [1.29, 1.82) is 0 Å². The summed E-state index contributed by atoms with van der Waals surface area (Å²) in [5.74, 6) is 0.110. The summed E-state index contributed by atoms with van der Waals surface area (Å²) >= 11 is 9.43. The monoisotopic (exact) mass is 364 g/mol. The van der Waals surface area contributed by atoms with E-state index < -0.39 is 0 Å². The Balaban J connectivity index is 1.93. The zero-order valence-corrected chi connectivity index (χ0v) is 13.8. The molecule has 0 aliphatic carbocycles. The molecule has 21 heavy (non-hydrogen) atoms. The summed E-state index contributed by atoms with van der Waals surface area (Å²) in [7, 11) is 1.82. The van der Waals surface area contributed by atoms with Gasteiger partial charge in [0, 0.05) is 22.9 Å². The van der Waals surface area contributed by atoms with Crippen LogP contribution in [0.1, 0.15) is 18.0 Å². The molecule has 5 heteroatoms. The molecule has 1 atom stereocenters. The number of carbonyl (C=O) groups is 1. The molecule has 3 nitrogen and oxygen atoms in total. The van der Waals surface area contributed by atoms with Crippen LogP contribution in [0.3, 0.4) is 0 Å². The molecule has 2 aromatic rings. The fourth-order valence-corrected chi connectivity index (χ4v) is 3.06. The van der Waals surface area contributed by atoms with Crippen molar-refractivity contribution in [2.24, 2.45) is 0 Å². The first kappa shape index (κ1) is 14.4. The molecule has 0 saturated heterocycles. The zero-order valence-electron chi connectivity index (χ0n) is 11.4. The molecule has 0 spiro atoms. The molecule has 0 bridgehead atoms. The van der Waals surface area contributed by atoms with Crippen LogP contribution in [-0.4, -0.2) is 13.0 Å². The second-order valence-corrected chi connectivity index (χ2v) is 6.30. The Bertz CT molecular complexity index is 704. The van der Waals surface area contributed by atoms with Gasteiger partial charge in [-0.2, -0.15) is 0 Å². The van der Waals surface area contributed by atoms with Gasteiger partial charge in [0.25, 0.3) is 0 Å². The summed E-state index contributed by atoms with van der Waals surface area (Å²) < 4.78 is 0.835. The molecule has 1 amide bonds. The number of hydrogen-bond donors (Lipinski definition) is 1. The predicted octanol–water partition coefficient (Wildman–Crippen LogP) is 4.62. The molecule has 0 fully saturated rings. The number of benzene rings is 2. The van der Waals surface area contributed by atoms with Crippen molar-refractivity contribution in [3.8, 4) is 0 Å². The molecule has 108 valence electrons. The van der Waals surface area contributed by atoms with E-state index in [4.69, 9.17) is 11.6 Å². The minimum Gasteiger partial charge on any atom is -0.378 e. The SMILES string of the molecule is CN1C(=O)CC(Nc2ccc(Cl)c(Br)c2)c2ccccc21. The molecule has 2 aromatic carbocycles. The van der Waals surface area contributed by atoms with Crippen LogP contribution in [-0.2, 0) is 4.79 Å². The van der Waals surface area contributed by atoms with E-state index in [0.29, 0.717) is 11.4 Å². The van der Waals surface area contributed by atoms with Crippen molar-refractivity contribution in [3.05, 3.63) is 57.5 Å². The topological polar surface area (TPSA) is 32.3 Å². The van der Waals surface area contributed by atoms with Crippen LogP contribution < -0.4 is 10.2 Å². The smallest absolute Gasteiger partial charge is 0.229 e. The average molecular weight is 366 g/mol. The first-order valence-corrected chi connectivity index (χ1v) is 7.80. The van der Waals surface area contributed by atoms with Gasteiger partial charge in [0.1, 0.15) is 0 Å². The van der Waals surface area contributed by atoms with Crippen molar-refractivity contribution in [3.63, 3.8) is 0 Å². The van der Waals surface area contributed by atoms with Crippen LogP contribution in [0.4, 0.5) is 11.4 Å². The minimum atomic E-state index is -0.0297. The lowest BCUT2D eigenvalue weighted by atomic mass is 9.96. The fraction of sp³-hybridized carbons (Fsp3) is 0.188. The van der Waals surface area contributed by atoms with Gasteiger partial charge in [-0.3, -0.25) is 4.79 Å². The zero-order chi connectivity index (χ0) is 15.0. The third-order valence-corrected chi connectivity index (χ3v) is 4.90. The third kappa shape index (κ3) is 2.78. The van der Waals surface area contributed by atoms with Gasteiger partial charge in [0.2, 0.25) is 5.91 Å². The third-order valence-electron chi connectivity index (χ3n) is 3.69. The van der Waals surface area contributed by atoms with Crippen molar-refractivity contribution in [2.75, 3.05) is 17.3 Å². The van der Waals surface area contributed by atoms with E-state index in [1.165, 1.54) is 0 Å². The number of carbonyl (C=O) groups excluding carboxylic acids is 1. The van der Waals surface area contributed by atoms with E-state index in [9.17, 15) is 4.79 Å². The highest BCUT2D eigenvalue weighted by Crippen LogP contribution is 2.36. The van der Waals surface area contributed by atoms with Gasteiger partial charge < -0.3 is 10.2 Å². The first-order chi connectivity index (χ1) is 10.1. The van der Waals surface area contributed by atoms with Gasteiger partial charge in [-0.05, 0) is 45.8 Å². The molecule has 3 rings (SSSR count).